The fourth-order valence-corrected chi connectivity index (χ4v) is 6.31. The van der Waals surface area contributed by atoms with Crippen molar-refractivity contribution in [3.8, 4) is 0 Å². The molecule has 6 heteroatoms. The average molecular weight is 419 g/mol. The average Bonchev–Trinajstić information content (AvgIpc) is 2.95. The van der Waals surface area contributed by atoms with Crippen LogP contribution in [0.4, 0.5) is 0 Å². The molecule has 0 aliphatic carbocycles. The molecule has 0 amide bonds. The van der Waals surface area contributed by atoms with Gasteiger partial charge in [-0.25, -0.2) is 4.79 Å². The SMILES string of the molecule is CC[C@]12CCCN3CCc4c(n(c5cc(Br)ccc45)[C@@](O)(C(=O)O)C1)C32. The number of benzene rings is 1. The maximum absolute atomic E-state index is 12.3. The van der Waals surface area contributed by atoms with Crippen molar-refractivity contribution in [1.29, 1.82) is 0 Å². The van der Waals surface area contributed by atoms with E-state index in [9.17, 15) is 15.0 Å². The second kappa shape index (κ2) is 5.33. The summed E-state index contributed by atoms with van der Waals surface area (Å²) in [7, 11) is 0. The highest BCUT2D eigenvalue weighted by atomic mass is 79.9. The molecule has 0 bridgehead atoms. The van der Waals surface area contributed by atoms with Gasteiger partial charge in [-0.15, -0.1) is 0 Å². The highest BCUT2D eigenvalue weighted by Crippen LogP contribution is 2.60. The molecule has 26 heavy (non-hydrogen) atoms. The third kappa shape index (κ3) is 1.90. The molecule has 1 aromatic heterocycles. The van der Waals surface area contributed by atoms with Crippen molar-refractivity contribution in [2.45, 2.75) is 50.8 Å². The van der Waals surface area contributed by atoms with Crippen LogP contribution in [0.2, 0.25) is 0 Å². The van der Waals surface area contributed by atoms with Gasteiger partial charge in [-0.1, -0.05) is 28.9 Å². The Hall–Kier alpha value is -1.37. The molecular formula is C20H23BrN2O3. The lowest BCUT2D eigenvalue weighted by atomic mass is 9.62. The van der Waals surface area contributed by atoms with Crippen molar-refractivity contribution in [3.05, 3.63) is 33.9 Å². The molecule has 1 unspecified atom stereocenters. The number of carboxylic acid groups (broad SMARTS) is 1. The molecule has 1 aromatic carbocycles. The lowest BCUT2D eigenvalue weighted by Crippen LogP contribution is -2.59. The van der Waals surface area contributed by atoms with Crippen molar-refractivity contribution >= 4 is 32.8 Å². The summed E-state index contributed by atoms with van der Waals surface area (Å²) in [6.45, 7) is 4.22. The molecule has 3 atom stereocenters. The summed E-state index contributed by atoms with van der Waals surface area (Å²) in [6.07, 6.45) is 4.11. The number of aliphatic carboxylic acids is 1. The lowest BCUT2D eigenvalue weighted by Gasteiger charge is -2.57. The van der Waals surface area contributed by atoms with Crippen molar-refractivity contribution in [2.75, 3.05) is 13.1 Å². The van der Waals surface area contributed by atoms with Gasteiger partial charge in [0.1, 0.15) is 0 Å². The number of hydrogen-bond donors (Lipinski definition) is 2. The van der Waals surface area contributed by atoms with Gasteiger partial charge in [-0.05, 0) is 55.3 Å². The van der Waals surface area contributed by atoms with E-state index in [-0.39, 0.29) is 17.9 Å². The van der Waals surface area contributed by atoms with Crippen molar-refractivity contribution in [2.24, 2.45) is 5.41 Å². The van der Waals surface area contributed by atoms with Gasteiger partial charge < -0.3 is 14.8 Å². The molecular weight excluding hydrogens is 396 g/mol. The van der Waals surface area contributed by atoms with Crippen LogP contribution in [-0.2, 0) is 16.9 Å². The van der Waals surface area contributed by atoms with Crippen LogP contribution >= 0.6 is 15.9 Å². The summed E-state index contributed by atoms with van der Waals surface area (Å²) >= 11 is 3.52. The number of carboxylic acids is 1. The molecule has 2 aromatic rings. The molecule has 1 saturated heterocycles. The Morgan fingerprint density at radius 2 is 2.19 bits per heavy atom. The van der Waals surface area contributed by atoms with E-state index < -0.39 is 11.7 Å². The Morgan fingerprint density at radius 3 is 2.92 bits per heavy atom. The molecule has 3 aliphatic rings. The fraction of sp³-hybridized carbons (Fsp3) is 0.550. The molecule has 0 saturated carbocycles. The van der Waals surface area contributed by atoms with E-state index >= 15 is 0 Å². The number of aliphatic hydroxyl groups is 1. The smallest absolute Gasteiger partial charge is 0.357 e. The van der Waals surface area contributed by atoms with Crippen LogP contribution in [0.1, 0.15) is 49.9 Å². The predicted octanol–water partition coefficient (Wildman–Crippen LogP) is 3.63. The minimum atomic E-state index is -1.89. The summed E-state index contributed by atoms with van der Waals surface area (Å²) in [5.41, 5.74) is 1.03. The number of rotatable bonds is 2. The molecule has 0 spiro atoms. The molecule has 2 N–H and O–H groups in total. The van der Waals surface area contributed by atoms with E-state index in [2.05, 4.69) is 33.8 Å². The zero-order valence-corrected chi connectivity index (χ0v) is 16.4. The summed E-state index contributed by atoms with van der Waals surface area (Å²) in [5.74, 6) is -1.15. The zero-order valence-electron chi connectivity index (χ0n) is 14.8. The molecule has 5 nitrogen and oxygen atoms in total. The van der Waals surface area contributed by atoms with Crippen LogP contribution in [0, 0.1) is 5.41 Å². The minimum Gasteiger partial charge on any atom is -0.478 e. The molecule has 1 fully saturated rings. The van der Waals surface area contributed by atoms with Crippen LogP contribution < -0.4 is 0 Å². The highest BCUT2D eigenvalue weighted by molar-refractivity contribution is 9.10. The van der Waals surface area contributed by atoms with Crippen LogP contribution in [-0.4, -0.2) is 38.7 Å². The summed E-state index contributed by atoms with van der Waals surface area (Å²) in [5, 5.41) is 22.6. The van der Waals surface area contributed by atoms with E-state index in [0.717, 1.165) is 59.8 Å². The Bertz CT molecular complexity index is 939. The maximum Gasteiger partial charge on any atom is 0.357 e. The van der Waals surface area contributed by atoms with Gasteiger partial charge in [-0.2, -0.15) is 0 Å². The zero-order chi connectivity index (χ0) is 18.3. The van der Waals surface area contributed by atoms with E-state index in [0.29, 0.717) is 0 Å². The second-order valence-corrected chi connectivity index (χ2v) is 9.08. The number of nitrogens with zero attached hydrogens (tertiary/aromatic N) is 2. The van der Waals surface area contributed by atoms with Gasteiger partial charge in [-0.3, -0.25) is 4.90 Å². The molecule has 138 valence electrons. The number of aromatic nitrogens is 1. The molecule has 0 radical (unpaired) electrons. The molecule has 3 aliphatic heterocycles. The number of halogens is 1. The summed E-state index contributed by atoms with van der Waals surface area (Å²) < 4.78 is 2.65. The molecule has 4 heterocycles. The van der Waals surface area contributed by atoms with Gasteiger partial charge in [0.05, 0.1) is 11.6 Å². The predicted molar refractivity (Wildman–Crippen MR) is 102 cm³/mol. The monoisotopic (exact) mass is 418 g/mol. The first kappa shape index (κ1) is 16.8. The Morgan fingerprint density at radius 1 is 1.38 bits per heavy atom. The molecule has 5 rings (SSSR count). The van der Waals surface area contributed by atoms with Crippen molar-refractivity contribution in [3.63, 3.8) is 0 Å². The first-order valence-corrected chi connectivity index (χ1v) is 10.2. The second-order valence-electron chi connectivity index (χ2n) is 8.17. The normalized spacial score (nSPS) is 33.3. The first-order chi connectivity index (χ1) is 12.4. The number of piperidine rings is 1. The van der Waals surface area contributed by atoms with Gasteiger partial charge in [0.2, 0.25) is 5.72 Å². The Labute approximate surface area is 160 Å². The lowest BCUT2D eigenvalue weighted by molar-refractivity contribution is -0.190. The largest absolute Gasteiger partial charge is 0.478 e. The van der Waals surface area contributed by atoms with Crippen molar-refractivity contribution < 1.29 is 15.0 Å². The number of carbonyl (C=O) groups is 1. The van der Waals surface area contributed by atoms with Crippen LogP contribution in [0.25, 0.3) is 10.9 Å². The Balaban J connectivity index is 1.92. The minimum absolute atomic E-state index is 0.178. The van der Waals surface area contributed by atoms with Gasteiger partial charge in [0, 0.05) is 28.5 Å². The fourth-order valence-electron chi connectivity index (χ4n) is 5.96. The van der Waals surface area contributed by atoms with E-state index in [1.54, 1.807) is 4.57 Å². The standard InChI is InChI=1S/C20H23BrN2O3/c1-2-19-7-3-8-22-9-6-14-13-5-4-12(21)10-15(13)23(16(14)17(19)22)20(26,11-19)18(24)25/h4-5,10,17,26H,2-3,6-9,11H2,1H3,(H,24,25)/t17?,19-,20-/m0/s1. The summed E-state index contributed by atoms with van der Waals surface area (Å²) in [4.78, 5) is 14.8. The number of hydrogen-bond acceptors (Lipinski definition) is 3. The maximum atomic E-state index is 12.3. The third-order valence-corrected chi connectivity index (χ3v) is 7.56. The van der Waals surface area contributed by atoms with E-state index in [1.807, 2.05) is 12.1 Å². The first-order valence-electron chi connectivity index (χ1n) is 9.44. The highest BCUT2D eigenvalue weighted by Gasteiger charge is 2.60. The van der Waals surface area contributed by atoms with Crippen LogP contribution in [0.5, 0.6) is 0 Å². The Kier molecular flexibility index (Phi) is 3.44. The number of fused-ring (bicyclic) bond motifs is 3. The van der Waals surface area contributed by atoms with E-state index in [1.165, 1.54) is 5.56 Å². The van der Waals surface area contributed by atoms with Crippen LogP contribution in [0.3, 0.4) is 0 Å². The topological polar surface area (TPSA) is 65.7 Å². The van der Waals surface area contributed by atoms with Crippen molar-refractivity contribution in [1.82, 2.24) is 9.47 Å². The third-order valence-electron chi connectivity index (χ3n) is 7.06. The quantitative estimate of drug-likeness (QED) is 0.781. The summed E-state index contributed by atoms with van der Waals surface area (Å²) in [6, 6.07) is 6.23. The van der Waals surface area contributed by atoms with Crippen LogP contribution in [0.15, 0.2) is 22.7 Å². The van der Waals surface area contributed by atoms with Gasteiger partial charge in [0.15, 0.2) is 0 Å². The van der Waals surface area contributed by atoms with Gasteiger partial charge in [0.25, 0.3) is 0 Å². The van der Waals surface area contributed by atoms with E-state index in [4.69, 9.17) is 0 Å². The van der Waals surface area contributed by atoms with Gasteiger partial charge >= 0.3 is 5.97 Å².